The molecule has 0 aliphatic rings. The van der Waals surface area contributed by atoms with Crippen molar-refractivity contribution in [3.63, 3.8) is 0 Å². The van der Waals surface area contributed by atoms with E-state index in [2.05, 4.69) is 13.8 Å². The second kappa shape index (κ2) is 9.59. The highest BCUT2D eigenvalue weighted by atomic mass is 32.2. The maximum atomic E-state index is 13.1. The highest BCUT2D eigenvalue weighted by Crippen LogP contribution is 2.19. The summed E-state index contributed by atoms with van der Waals surface area (Å²) in [5.41, 5.74) is 1.46. The molecule has 7 heteroatoms. The second-order valence-corrected chi connectivity index (χ2v) is 8.65. The lowest BCUT2D eigenvalue weighted by atomic mass is 10.1. The molecule has 2 aromatic rings. The maximum absolute atomic E-state index is 13.1. The summed E-state index contributed by atoms with van der Waals surface area (Å²) in [4.78, 5) is 14.8. The van der Waals surface area contributed by atoms with E-state index in [1.165, 1.54) is 0 Å². The molecule has 6 nitrogen and oxygen atoms in total. The monoisotopic (exact) mass is 405 g/mol. The number of nitrogens with zero attached hydrogens (tertiary/aromatic N) is 1. The zero-order chi connectivity index (χ0) is 20.7. The van der Waals surface area contributed by atoms with Crippen LogP contribution in [0.15, 0.2) is 48.5 Å². The molecule has 0 N–H and O–H groups in total. The molecule has 0 spiro atoms. The molecule has 0 unspecified atom stereocenters. The van der Waals surface area contributed by atoms with Crippen molar-refractivity contribution in [1.29, 1.82) is 0 Å². The summed E-state index contributed by atoms with van der Waals surface area (Å²) in [5.74, 6) is 1.28. The first-order valence-corrected chi connectivity index (χ1v) is 10.9. The fourth-order valence-electron chi connectivity index (χ4n) is 2.65. The summed E-state index contributed by atoms with van der Waals surface area (Å²) in [5, 5.41) is 0. The van der Waals surface area contributed by atoms with Gasteiger partial charge in [-0.15, -0.1) is 0 Å². The first kappa shape index (κ1) is 21.8. The minimum atomic E-state index is -3.56. The first-order chi connectivity index (χ1) is 13.2. The van der Waals surface area contributed by atoms with Gasteiger partial charge in [-0.2, -0.15) is 8.42 Å². The van der Waals surface area contributed by atoms with Crippen LogP contribution in [0.25, 0.3) is 0 Å². The predicted molar refractivity (Wildman–Crippen MR) is 109 cm³/mol. The number of ether oxygens (including phenoxy) is 1. The molecule has 0 heterocycles. The number of benzene rings is 2. The minimum absolute atomic E-state index is 0.0731. The summed E-state index contributed by atoms with van der Waals surface area (Å²) >= 11 is 0. The van der Waals surface area contributed by atoms with Gasteiger partial charge in [0.15, 0.2) is 0 Å². The Kier molecular flexibility index (Phi) is 7.45. The fraction of sp³-hybridized carbons (Fsp3) is 0.381. The van der Waals surface area contributed by atoms with Crippen molar-refractivity contribution in [2.45, 2.75) is 26.8 Å². The summed E-state index contributed by atoms with van der Waals surface area (Å²) in [6.07, 6.45) is 1.88. The quantitative estimate of drug-likeness (QED) is 0.595. The molecule has 28 heavy (non-hydrogen) atoms. The van der Waals surface area contributed by atoms with Crippen LogP contribution in [0, 0.1) is 5.92 Å². The van der Waals surface area contributed by atoms with Gasteiger partial charge in [0.05, 0.1) is 13.4 Å². The zero-order valence-electron chi connectivity index (χ0n) is 16.7. The maximum Gasteiger partial charge on any atom is 0.306 e. The largest absolute Gasteiger partial charge is 0.497 e. The molecule has 0 aromatic heterocycles. The van der Waals surface area contributed by atoms with Crippen molar-refractivity contribution < 1.29 is 22.1 Å². The fourth-order valence-corrected chi connectivity index (χ4v) is 3.11. The Balaban J connectivity index is 2.19. The molecule has 1 amide bonds. The van der Waals surface area contributed by atoms with Crippen molar-refractivity contribution in [2.75, 3.05) is 19.9 Å². The third-order valence-corrected chi connectivity index (χ3v) is 4.62. The molecule has 0 bridgehead atoms. The zero-order valence-corrected chi connectivity index (χ0v) is 17.5. The Morgan fingerprint density at radius 1 is 1.07 bits per heavy atom. The van der Waals surface area contributed by atoms with Crippen LogP contribution in [0.1, 0.15) is 36.2 Å². The van der Waals surface area contributed by atoms with Gasteiger partial charge in [0.25, 0.3) is 5.91 Å². The van der Waals surface area contributed by atoms with E-state index in [4.69, 9.17) is 8.92 Å². The first-order valence-electron chi connectivity index (χ1n) is 9.09. The average molecular weight is 406 g/mol. The molecule has 0 saturated carbocycles. The van der Waals surface area contributed by atoms with Crippen LogP contribution in [-0.2, 0) is 16.7 Å². The highest BCUT2D eigenvalue weighted by Gasteiger charge is 2.17. The second-order valence-electron chi connectivity index (χ2n) is 7.07. The topological polar surface area (TPSA) is 72.9 Å². The van der Waals surface area contributed by atoms with Crippen LogP contribution < -0.4 is 8.92 Å². The Morgan fingerprint density at radius 3 is 2.32 bits per heavy atom. The van der Waals surface area contributed by atoms with E-state index in [1.807, 2.05) is 0 Å². The Labute approximate surface area is 167 Å². The highest BCUT2D eigenvalue weighted by molar-refractivity contribution is 7.86. The van der Waals surface area contributed by atoms with Crippen LogP contribution in [0.3, 0.4) is 0 Å². The Hall–Kier alpha value is -2.54. The lowest BCUT2D eigenvalue weighted by molar-refractivity contribution is 0.0735. The van der Waals surface area contributed by atoms with Gasteiger partial charge in [-0.05, 0) is 48.2 Å². The Morgan fingerprint density at radius 2 is 1.75 bits per heavy atom. The van der Waals surface area contributed by atoms with Crippen molar-refractivity contribution >= 4 is 16.0 Å². The lowest BCUT2D eigenvalue weighted by Gasteiger charge is -2.24. The molecule has 0 fully saturated rings. The van der Waals surface area contributed by atoms with Crippen molar-refractivity contribution in [3.8, 4) is 11.5 Å². The lowest BCUT2D eigenvalue weighted by Crippen LogP contribution is -2.32. The smallest absolute Gasteiger partial charge is 0.306 e. The molecule has 0 saturated heterocycles. The molecule has 0 atom stereocenters. The van der Waals surface area contributed by atoms with Gasteiger partial charge in [0, 0.05) is 18.7 Å². The van der Waals surface area contributed by atoms with Crippen LogP contribution >= 0.6 is 0 Å². The van der Waals surface area contributed by atoms with Gasteiger partial charge in [0.2, 0.25) is 0 Å². The SMILES string of the molecule is COc1cccc(C(=O)N(CCC(C)C)Cc2ccc(OS(C)(=O)=O)cc2)c1. The standard InChI is InChI=1S/C21H27NO5S/c1-16(2)12-13-22(21(23)18-6-5-7-20(14-18)26-3)15-17-8-10-19(11-9-17)27-28(4,24)25/h5-11,14,16H,12-13,15H2,1-4H3. The number of methoxy groups -OCH3 is 1. The van der Waals surface area contributed by atoms with Gasteiger partial charge < -0.3 is 13.8 Å². The third-order valence-electron chi connectivity index (χ3n) is 4.12. The van der Waals surface area contributed by atoms with Gasteiger partial charge >= 0.3 is 10.1 Å². The number of hydrogen-bond acceptors (Lipinski definition) is 5. The molecule has 0 radical (unpaired) electrons. The summed E-state index contributed by atoms with van der Waals surface area (Å²) in [6, 6.07) is 13.8. The van der Waals surface area contributed by atoms with E-state index in [-0.39, 0.29) is 11.7 Å². The number of carbonyl (C=O) groups is 1. The number of hydrogen-bond donors (Lipinski definition) is 0. The van der Waals surface area contributed by atoms with Crippen LogP contribution in [0.4, 0.5) is 0 Å². The third kappa shape index (κ3) is 6.88. The summed E-state index contributed by atoms with van der Waals surface area (Å²) < 4.78 is 32.5. The van der Waals surface area contributed by atoms with Crippen molar-refractivity contribution in [1.82, 2.24) is 4.90 Å². The molecule has 152 valence electrons. The predicted octanol–water partition coefficient (Wildman–Crippen LogP) is 3.72. The van der Waals surface area contributed by atoms with Crippen LogP contribution in [0.2, 0.25) is 0 Å². The normalized spacial score (nSPS) is 11.3. The molecular formula is C21H27NO5S. The molecule has 0 aliphatic heterocycles. The van der Waals surface area contributed by atoms with E-state index < -0.39 is 10.1 Å². The van der Waals surface area contributed by atoms with Crippen LogP contribution in [-0.4, -0.2) is 39.1 Å². The molecule has 0 aliphatic carbocycles. The van der Waals surface area contributed by atoms with Gasteiger partial charge in [-0.3, -0.25) is 4.79 Å². The number of rotatable bonds is 9. The minimum Gasteiger partial charge on any atom is -0.497 e. The van der Waals surface area contributed by atoms with E-state index >= 15 is 0 Å². The van der Waals surface area contributed by atoms with Gasteiger partial charge in [-0.1, -0.05) is 32.0 Å². The van der Waals surface area contributed by atoms with E-state index in [1.54, 1.807) is 60.5 Å². The molecule has 2 rings (SSSR count). The number of amides is 1. The number of carbonyl (C=O) groups excluding carboxylic acids is 1. The Bertz CT molecular complexity index is 891. The summed E-state index contributed by atoms with van der Waals surface area (Å²) in [7, 11) is -1.99. The van der Waals surface area contributed by atoms with Gasteiger partial charge in [0.1, 0.15) is 11.5 Å². The average Bonchev–Trinajstić information content (AvgIpc) is 2.64. The summed E-state index contributed by atoms with van der Waals surface area (Å²) in [6.45, 7) is 5.27. The van der Waals surface area contributed by atoms with Gasteiger partial charge in [-0.25, -0.2) is 0 Å². The molecule has 2 aromatic carbocycles. The molecular weight excluding hydrogens is 378 g/mol. The van der Waals surface area contributed by atoms with E-state index in [0.29, 0.717) is 30.3 Å². The van der Waals surface area contributed by atoms with Crippen molar-refractivity contribution in [2.24, 2.45) is 5.92 Å². The van der Waals surface area contributed by atoms with Crippen LogP contribution in [0.5, 0.6) is 11.5 Å². The van der Waals surface area contributed by atoms with Crippen molar-refractivity contribution in [3.05, 3.63) is 59.7 Å². The van der Waals surface area contributed by atoms with E-state index in [0.717, 1.165) is 18.2 Å². The van der Waals surface area contributed by atoms with E-state index in [9.17, 15) is 13.2 Å².